The number of benzene rings is 2. The molecule has 0 aliphatic heterocycles. The molecule has 0 bridgehead atoms. The van der Waals surface area contributed by atoms with Crippen LogP contribution in [0.4, 0.5) is 5.69 Å². The lowest BCUT2D eigenvalue weighted by atomic mass is 9.99. The van der Waals surface area contributed by atoms with E-state index in [1.54, 1.807) is 6.07 Å². The van der Waals surface area contributed by atoms with Gasteiger partial charge in [-0.2, -0.15) is 0 Å². The lowest BCUT2D eigenvalue weighted by molar-refractivity contribution is -0.119. The van der Waals surface area contributed by atoms with Crippen LogP contribution < -0.4 is 9.62 Å². The van der Waals surface area contributed by atoms with Crippen LogP contribution in [-0.2, 0) is 14.8 Å². The highest BCUT2D eigenvalue weighted by molar-refractivity contribution is 7.92. The number of fused-ring (bicyclic) bond motifs is 1. The molecule has 1 N–H and O–H groups in total. The first-order valence-corrected chi connectivity index (χ1v) is 11.4. The van der Waals surface area contributed by atoms with Crippen molar-refractivity contribution in [1.82, 2.24) is 5.32 Å². The minimum Gasteiger partial charge on any atom is -0.354 e. The Morgan fingerprint density at radius 1 is 1.11 bits per heavy atom. The summed E-state index contributed by atoms with van der Waals surface area (Å²) >= 11 is 0. The van der Waals surface area contributed by atoms with E-state index in [2.05, 4.69) is 19.2 Å². The summed E-state index contributed by atoms with van der Waals surface area (Å²) < 4.78 is 26.0. The van der Waals surface area contributed by atoms with Crippen molar-refractivity contribution in [1.29, 1.82) is 0 Å². The fourth-order valence-corrected chi connectivity index (χ4v) is 4.06. The predicted molar refractivity (Wildman–Crippen MR) is 112 cm³/mol. The van der Waals surface area contributed by atoms with E-state index in [1.807, 2.05) is 36.4 Å². The van der Waals surface area contributed by atoms with Crippen LogP contribution in [-0.4, -0.2) is 33.7 Å². The summed E-state index contributed by atoms with van der Waals surface area (Å²) in [5, 5.41) is 4.67. The second-order valence-electron chi connectivity index (χ2n) is 6.99. The number of nitrogens with zero attached hydrogens (tertiary/aromatic N) is 1. The molecule has 2 aromatic carbocycles. The Morgan fingerprint density at radius 2 is 1.81 bits per heavy atom. The van der Waals surface area contributed by atoms with Crippen LogP contribution in [0.5, 0.6) is 0 Å². The van der Waals surface area contributed by atoms with Gasteiger partial charge >= 0.3 is 0 Å². The van der Waals surface area contributed by atoms with Gasteiger partial charge in [-0.1, -0.05) is 69.5 Å². The molecule has 0 heterocycles. The highest BCUT2D eigenvalue weighted by atomic mass is 32.2. The maximum Gasteiger partial charge on any atom is 0.240 e. The van der Waals surface area contributed by atoms with Crippen molar-refractivity contribution in [3.63, 3.8) is 0 Å². The van der Waals surface area contributed by atoms with Crippen molar-refractivity contribution in [2.75, 3.05) is 23.7 Å². The topological polar surface area (TPSA) is 66.5 Å². The summed E-state index contributed by atoms with van der Waals surface area (Å²) in [6, 6.07) is 13.1. The van der Waals surface area contributed by atoms with Gasteiger partial charge in [0.15, 0.2) is 0 Å². The Labute approximate surface area is 162 Å². The number of amides is 1. The highest BCUT2D eigenvalue weighted by Crippen LogP contribution is 2.28. The summed E-state index contributed by atoms with van der Waals surface area (Å²) in [5.74, 6) is 0.154. The van der Waals surface area contributed by atoms with Gasteiger partial charge in [0.25, 0.3) is 0 Å². The van der Waals surface area contributed by atoms with E-state index in [4.69, 9.17) is 0 Å². The maximum absolute atomic E-state index is 12.5. The Hall–Kier alpha value is -2.08. The van der Waals surface area contributed by atoms with Crippen molar-refractivity contribution < 1.29 is 13.2 Å². The van der Waals surface area contributed by atoms with Crippen LogP contribution in [0.2, 0.25) is 0 Å². The highest BCUT2D eigenvalue weighted by Gasteiger charge is 2.22. The summed E-state index contributed by atoms with van der Waals surface area (Å²) in [4.78, 5) is 12.5. The van der Waals surface area contributed by atoms with Gasteiger partial charge in [0.2, 0.25) is 15.9 Å². The van der Waals surface area contributed by atoms with Gasteiger partial charge in [-0.3, -0.25) is 9.10 Å². The molecular weight excluding hydrogens is 360 g/mol. The molecule has 2 rings (SSSR count). The third kappa shape index (κ3) is 5.96. The van der Waals surface area contributed by atoms with E-state index in [-0.39, 0.29) is 12.5 Å². The van der Waals surface area contributed by atoms with Crippen molar-refractivity contribution in [2.24, 2.45) is 5.92 Å². The molecule has 1 atom stereocenters. The Bertz CT molecular complexity index is 859. The SMILES string of the molecule is CCCC[C@@H](CC)CNC(=O)CN(c1cccc2ccccc12)S(C)(=O)=O. The Morgan fingerprint density at radius 3 is 2.48 bits per heavy atom. The third-order valence-corrected chi connectivity index (χ3v) is 5.98. The Kier molecular flexibility index (Phi) is 7.66. The van der Waals surface area contributed by atoms with Gasteiger partial charge in [-0.25, -0.2) is 8.42 Å². The summed E-state index contributed by atoms with van der Waals surface area (Å²) in [6.07, 6.45) is 5.48. The zero-order chi connectivity index (χ0) is 19.9. The van der Waals surface area contributed by atoms with Crippen LogP contribution in [0.25, 0.3) is 10.8 Å². The molecule has 0 saturated heterocycles. The molecule has 0 aliphatic rings. The molecule has 2 aromatic rings. The molecule has 0 fully saturated rings. The van der Waals surface area contributed by atoms with Gasteiger partial charge in [-0.05, 0) is 23.8 Å². The Balaban J connectivity index is 2.17. The molecular formula is C21H30N2O3S. The lowest BCUT2D eigenvalue weighted by Crippen LogP contribution is -2.41. The number of hydrogen-bond acceptors (Lipinski definition) is 3. The van der Waals surface area contributed by atoms with E-state index < -0.39 is 10.0 Å². The number of sulfonamides is 1. The van der Waals surface area contributed by atoms with Crippen LogP contribution in [0.3, 0.4) is 0 Å². The van der Waals surface area contributed by atoms with Gasteiger partial charge < -0.3 is 5.32 Å². The van der Waals surface area contributed by atoms with Gasteiger partial charge in [0, 0.05) is 11.9 Å². The minimum absolute atomic E-state index is 0.211. The van der Waals surface area contributed by atoms with E-state index in [1.165, 1.54) is 4.31 Å². The molecule has 27 heavy (non-hydrogen) atoms. The molecule has 0 spiro atoms. The summed E-state index contributed by atoms with van der Waals surface area (Å²) in [7, 11) is -3.59. The standard InChI is InChI=1S/C21H30N2O3S/c1-4-6-10-17(5-2)15-22-21(24)16-23(27(3,25)26)20-14-9-12-18-11-7-8-13-19(18)20/h7-9,11-14,17H,4-6,10,15-16H2,1-3H3,(H,22,24)/t17-/m1/s1. The maximum atomic E-state index is 12.5. The molecule has 5 nitrogen and oxygen atoms in total. The number of rotatable bonds is 10. The third-order valence-electron chi connectivity index (χ3n) is 4.85. The summed E-state index contributed by atoms with van der Waals surface area (Å²) in [6.45, 7) is 4.64. The van der Waals surface area contributed by atoms with Crippen molar-refractivity contribution >= 4 is 32.4 Å². The first kappa shape index (κ1) is 21.2. The van der Waals surface area contributed by atoms with E-state index >= 15 is 0 Å². The molecule has 148 valence electrons. The number of hydrogen-bond donors (Lipinski definition) is 1. The van der Waals surface area contributed by atoms with Gasteiger partial charge in [0.05, 0.1) is 11.9 Å². The largest absolute Gasteiger partial charge is 0.354 e. The summed E-state index contributed by atoms with van der Waals surface area (Å²) in [5.41, 5.74) is 0.531. The second kappa shape index (κ2) is 9.74. The predicted octanol–water partition coefficient (Wildman–Crippen LogP) is 3.94. The smallest absolute Gasteiger partial charge is 0.240 e. The molecule has 6 heteroatoms. The van der Waals surface area contributed by atoms with Crippen LogP contribution in [0.1, 0.15) is 39.5 Å². The zero-order valence-electron chi connectivity index (χ0n) is 16.4. The minimum atomic E-state index is -3.59. The fraction of sp³-hybridized carbons (Fsp3) is 0.476. The fourth-order valence-electron chi connectivity index (χ4n) is 3.19. The van der Waals surface area contributed by atoms with Crippen molar-refractivity contribution in [3.05, 3.63) is 42.5 Å². The van der Waals surface area contributed by atoms with Crippen molar-refractivity contribution in [3.8, 4) is 0 Å². The van der Waals surface area contributed by atoms with Crippen LogP contribution >= 0.6 is 0 Å². The molecule has 0 unspecified atom stereocenters. The molecule has 0 saturated carbocycles. The molecule has 1 amide bonds. The van der Waals surface area contributed by atoms with E-state index in [9.17, 15) is 13.2 Å². The molecule has 0 aromatic heterocycles. The molecule has 0 radical (unpaired) electrons. The van der Waals surface area contributed by atoms with Crippen LogP contribution in [0.15, 0.2) is 42.5 Å². The normalized spacial score (nSPS) is 12.7. The number of carbonyl (C=O) groups excluding carboxylic acids is 1. The monoisotopic (exact) mass is 390 g/mol. The number of unbranched alkanes of at least 4 members (excludes halogenated alkanes) is 1. The average Bonchev–Trinajstić information content (AvgIpc) is 2.65. The first-order chi connectivity index (χ1) is 12.9. The number of anilines is 1. The quantitative estimate of drug-likeness (QED) is 0.668. The zero-order valence-corrected chi connectivity index (χ0v) is 17.3. The second-order valence-corrected chi connectivity index (χ2v) is 8.90. The van der Waals surface area contributed by atoms with Gasteiger partial charge in [0.1, 0.15) is 6.54 Å². The first-order valence-electron chi connectivity index (χ1n) is 9.59. The number of carbonyl (C=O) groups is 1. The van der Waals surface area contributed by atoms with E-state index in [0.29, 0.717) is 18.2 Å². The molecule has 0 aliphatic carbocycles. The average molecular weight is 391 g/mol. The van der Waals surface area contributed by atoms with E-state index in [0.717, 1.165) is 42.7 Å². The van der Waals surface area contributed by atoms with Gasteiger partial charge in [-0.15, -0.1) is 0 Å². The van der Waals surface area contributed by atoms with Crippen molar-refractivity contribution in [2.45, 2.75) is 39.5 Å². The number of nitrogens with one attached hydrogen (secondary N) is 1. The lowest BCUT2D eigenvalue weighted by Gasteiger charge is -2.24. The van der Waals surface area contributed by atoms with Crippen LogP contribution in [0, 0.1) is 5.92 Å².